The summed E-state index contributed by atoms with van der Waals surface area (Å²) < 4.78 is 0. The molecule has 16 heavy (non-hydrogen) atoms. The van der Waals surface area contributed by atoms with Crippen molar-refractivity contribution in [1.82, 2.24) is 0 Å². The van der Waals surface area contributed by atoms with Crippen molar-refractivity contribution in [3.8, 4) is 6.07 Å². The van der Waals surface area contributed by atoms with Gasteiger partial charge in [-0.2, -0.15) is 5.26 Å². The topological polar surface area (TPSA) is 73.1 Å². The molecule has 0 bridgehead atoms. The van der Waals surface area contributed by atoms with Crippen molar-refractivity contribution >= 4 is 11.6 Å². The summed E-state index contributed by atoms with van der Waals surface area (Å²) in [4.78, 5) is 11.4. The highest BCUT2D eigenvalue weighted by atomic mass is 16.2. The fourth-order valence-electron chi connectivity index (χ4n) is 1.25. The van der Waals surface area contributed by atoms with Crippen LogP contribution < -0.4 is 5.32 Å². The Hall–Kier alpha value is -1.86. The van der Waals surface area contributed by atoms with E-state index in [1.807, 2.05) is 6.07 Å². The number of unbranched alkanes of at least 4 members (excludes halogenated alkanes) is 1. The summed E-state index contributed by atoms with van der Waals surface area (Å²) in [6.07, 6.45) is 1.72. The van der Waals surface area contributed by atoms with Crippen LogP contribution in [-0.2, 0) is 4.79 Å². The molecule has 0 heterocycles. The van der Waals surface area contributed by atoms with E-state index in [1.54, 1.807) is 24.3 Å². The molecule has 0 aromatic heterocycles. The fourth-order valence-corrected chi connectivity index (χ4v) is 1.25. The quantitative estimate of drug-likeness (QED) is 0.738. The number of carbonyl (C=O) groups excluding carboxylic acids is 1. The zero-order valence-corrected chi connectivity index (χ0v) is 8.94. The van der Waals surface area contributed by atoms with Crippen LogP contribution in [0.3, 0.4) is 0 Å². The molecule has 0 saturated heterocycles. The molecule has 0 aliphatic carbocycles. The van der Waals surface area contributed by atoms with Crippen LogP contribution in [0, 0.1) is 11.3 Å². The number of nitriles is 1. The van der Waals surface area contributed by atoms with Crippen LogP contribution in [0.25, 0.3) is 0 Å². The summed E-state index contributed by atoms with van der Waals surface area (Å²) >= 11 is 0. The zero-order valence-electron chi connectivity index (χ0n) is 8.94. The standard InChI is InChI=1S/C12H14N2O2/c13-9-10-4-6-11(7-5-10)14-12(16)3-1-2-8-15/h4-7,15H,1-3,8H2,(H,14,16). The number of aliphatic hydroxyl groups excluding tert-OH is 1. The highest BCUT2D eigenvalue weighted by Gasteiger charge is 2.01. The van der Waals surface area contributed by atoms with E-state index >= 15 is 0 Å². The van der Waals surface area contributed by atoms with E-state index in [0.717, 1.165) is 0 Å². The molecule has 1 aromatic rings. The van der Waals surface area contributed by atoms with Crippen molar-refractivity contribution in [2.45, 2.75) is 19.3 Å². The first-order chi connectivity index (χ1) is 7.76. The number of nitrogens with one attached hydrogen (secondary N) is 1. The lowest BCUT2D eigenvalue weighted by Gasteiger charge is -2.04. The van der Waals surface area contributed by atoms with E-state index < -0.39 is 0 Å². The van der Waals surface area contributed by atoms with Crippen LogP contribution in [0.15, 0.2) is 24.3 Å². The van der Waals surface area contributed by atoms with Gasteiger partial charge in [-0.1, -0.05) is 0 Å². The Bertz CT molecular complexity index is 379. The highest BCUT2D eigenvalue weighted by Crippen LogP contribution is 2.09. The lowest BCUT2D eigenvalue weighted by atomic mass is 10.2. The van der Waals surface area contributed by atoms with Gasteiger partial charge in [-0.3, -0.25) is 4.79 Å². The predicted molar refractivity (Wildman–Crippen MR) is 60.7 cm³/mol. The summed E-state index contributed by atoms with van der Waals surface area (Å²) in [5.74, 6) is -0.0712. The minimum absolute atomic E-state index is 0.0712. The molecule has 0 spiro atoms. The Morgan fingerprint density at radius 1 is 1.31 bits per heavy atom. The molecule has 4 nitrogen and oxygen atoms in total. The van der Waals surface area contributed by atoms with Gasteiger partial charge in [0, 0.05) is 18.7 Å². The zero-order chi connectivity index (χ0) is 11.8. The second kappa shape index (κ2) is 6.59. The van der Waals surface area contributed by atoms with Gasteiger partial charge in [0.1, 0.15) is 0 Å². The summed E-state index contributed by atoms with van der Waals surface area (Å²) in [7, 11) is 0. The van der Waals surface area contributed by atoms with Gasteiger partial charge in [0.15, 0.2) is 0 Å². The maximum absolute atomic E-state index is 11.4. The maximum atomic E-state index is 11.4. The van der Waals surface area contributed by atoms with E-state index in [9.17, 15) is 4.79 Å². The average Bonchev–Trinajstić information content (AvgIpc) is 2.30. The second-order valence-corrected chi connectivity index (χ2v) is 3.42. The van der Waals surface area contributed by atoms with Crippen molar-refractivity contribution in [1.29, 1.82) is 5.26 Å². The first-order valence-corrected chi connectivity index (χ1v) is 5.17. The molecular formula is C12H14N2O2. The van der Waals surface area contributed by atoms with Crippen LogP contribution in [0.1, 0.15) is 24.8 Å². The predicted octanol–water partition coefficient (Wildman–Crippen LogP) is 1.66. The van der Waals surface area contributed by atoms with Crippen LogP contribution in [0.2, 0.25) is 0 Å². The molecule has 0 aliphatic rings. The van der Waals surface area contributed by atoms with Gasteiger partial charge in [0.2, 0.25) is 5.91 Å². The number of aliphatic hydroxyl groups is 1. The third-order valence-electron chi connectivity index (χ3n) is 2.11. The van der Waals surface area contributed by atoms with Crippen molar-refractivity contribution in [3.05, 3.63) is 29.8 Å². The van der Waals surface area contributed by atoms with Crippen molar-refractivity contribution in [2.75, 3.05) is 11.9 Å². The Morgan fingerprint density at radius 2 is 2.00 bits per heavy atom. The number of benzene rings is 1. The van der Waals surface area contributed by atoms with Gasteiger partial charge in [-0.05, 0) is 37.1 Å². The number of rotatable bonds is 5. The fraction of sp³-hybridized carbons (Fsp3) is 0.333. The molecule has 0 saturated carbocycles. The second-order valence-electron chi connectivity index (χ2n) is 3.42. The van der Waals surface area contributed by atoms with Gasteiger partial charge in [0.05, 0.1) is 11.6 Å². The molecule has 1 rings (SSSR count). The molecule has 0 atom stereocenters. The van der Waals surface area contributed by atoms with Gasteiger partial charge in [-0.15, -0.1) is 0 Å². The van der Waals surface area contributed by atoms with Crippen LogP contribution >= 0.6 is 0 Å². The van der Waals surface area contributed by atoms with Gasteiger partial charge in [-0.25, -0.2) is 0 Å². The highest BCUT2D eigenvalue weighted by molar-refractivity contribution is 5.90. The molecule has 0 aliphatic heterocycles. The van der Waals surface area contributed by atoms with Crippen molar-refractivity contribution in [2.24, 2.45) is 0 Å². The molecule has 2 N–H and O–H groups in total. The summed E-state index contributed by atoms with van der Waals surface area (Å²) in [5, 5.41) is 19.9. The molecule has 1 amide bonds. The monoisotopic (exact) mass is 218 g/mol. The smallest absolute Gasteiger partial charge is 0.224 e. The minimum Gasteiger partial charge on any atom is -0.396 e. The van der Waals surface area contributed by atoms with E-state index in [-0.39, 0.29) is 12.5 Å². The molecule has 84 valence electrons. The van der Waals surface area contributed by atoms with Crippen LogP contribution in [0.4, 0.5) is 5.69 Å². The largest absolute Gasteiger partial charge is 0.396 e. The van der Waals surface area contributed by atoms with Gasteiger partial charge < -0.3 is 10.4 Å². The van der Waals surface area contributed by atoms with Crippen molar-refractivity contribution < 1.29 is 9.90 Å². The van der Waals surface area contributed by atoms with E-state index in [2.05, 4.69) is 5.32 Å². The molecule has 1 aromatic carbocycles. The normalized spacial score (nSPS) is 9.50. The SMILES string of the molecule is N#Cc1ccc(NC(=O)CCCCO)cc1. The first kappa shape index (κ1) is 12.2. The summed E-state index contributed by atoms with van der Waals surface area (Å²) in [5.41, 5.74) is 1.26. The minimum atomic E-state index is -0.0712. The summed E-state index contributed by atoms with van der Waals surface area (Å²) in [6, 6.07) is 8.71. The van der Waals surface area contributed by atoms with Gasteiger partial charge >= 0.3 is 0 Å². The average molecular weight is 218 g/mol. The molecule has 0 radical (unpaired) electrons. The van der Waals surface area contributed by atoms with Crippen molar-refractivity contribution in [3.63, 3.8) is 0 Å². The third kappa shape index (κ3) is 4.11. The molecule has 4 heteroatoms. The first-order valence-electron chi connectivity index (χ1n) is 5.17. The Labute approximate surface area is 94.5 Å². The number of amides is 1. The molecular weight excluding hydrogens is 204 g/mol. The van der Waals surface area contributed by atoms with E-state index in [0.29, 0.717) is 30.5 Å². The van der Waals surface area contributed by atoms with Crippen LogP contribution in [0.5, 0.6) is 0 Å². The Morgan fingerprint density at radius 3 is 2.56 bits per heavy atom. The lowest BCUT2D eigenvalue weighted by Crippen LogP contribution is -2.11. The van der Waals surface area contributed by atoms with E-state index in [4.69, 9.17) is 10.4 Å². The number of carbonyl (C=O) groups is 1. The Balaban J connectivity index is 2.41. The number of hydrogen-bond acceptors (Lipinski definition) is 3. The Kier molecular flexibility index (Phi) is 5.03. The van der Waals surface area contributed by atoms with Gasteiger partial charge in [0.25, 0.3) is 0 Å². The number of anilines is 1. The van der Waals surface area contributed by atoms with Crippen LogP contribution in [-0.4, -0.2) is 17.6 Å². The molecule has 0 fully saturated rings. The lowest BCUT2D eigenvalue weighted by molar-refractivity contribution is -0.116. The number of nitrogens with zero attached hydrogens (tertiary/aromatic N) is 1. The maximum Gasteiger partial charge on any atom is 0.224 e. The summed E-state index contributed by atoms with van der Waals surface area (Å²) in [6.45, 7) is 0.115. The number of hydrogen-bond donors (Lipinski definition) is 2. The van der Waals surface area contributed by atoms with E-state index in [1.165, 1.54) is 0 Å². The third-order valence-corrected chi connectivity index (χ3v) is 2.11. The molecule has 0 unspecified atom stereocenters.